The van der Waals surface area contributed by atoms with E-state index in [9.17, 15) is 0 Å². The van der Waals surface area contributed by atoms with Crippen molar-refractivity contribution in [2.45, 2.75) is 45.8 Å². The molecular weight excluding hydrogens is 194 g/mol. The number of nitrogens with zero attached hydrogens (tertiary/aromatic N) is 1. The van der Waals surface area contributed by atoms with Gasteiger partial charge in [-0.25, -0.2) is 0 Å². The summed E-state index contributed by atoms with van der Waals surface area (Å²) in [6.07, 6.45) is 5.67. The zero-order valence-electron chi connectivity index (χ0n) is 9.47. The Hall–Kier alpha value is 0.237. The molecule has 0 N–H and O–H groups in total. The second-order valence-electron chi connectivity index (χ2n) is 4.19. The highest BCUT2D eigenvalue weighted by atomic mass is 32.4. The number of hydrogen-bond acceptors (Lipinski definition) is 2. The summed E-state index contributed by atoms with van der Waals surface area (Å²) in [4.78, 5) is 4.36. The standard InChI is InChI=1S/C10H23NSSi/c1-5-6-8-11-9-7-10-12-13(2,3)4/h8H,5-7,9-10H2,1-4H3/b11-8+. The molecule has 0 bridgehead atoms. The Morgan fingerprint density at radius 2 is 2.00 bits per heavy atom. The third-order valence-corrected chi connectivity index (χ3v) is 6.08. The summed E-state index contributed by atoms with van der Waals surface area (Å²) in [5, 5.41) is 0. The molecule has 0 aromatic rings. The first-order valence-corrected chi connectivity index (χ1v) is 10.4. The van der Waals surface area contributed by atoms with Crippen LogP contribution >= 0.6 is 11.2 Å². The monoisotopic (exact) mass is 217 g/mol. The van der Waals surface area contributed by atoms with Gasteiger partial charge in [-0.05, 0) is 24.8 Å². The Kier molecular flexibility index (Phi) is 7.76. The van der Waals surface area contributed by atoms with Crippen molar-refractivity contribution in [3.63, 3.8) is 0 Å². The van der Waals surface area contributed by atoms with Gasteiger partial charge in [0.05, 0.1) is 0 Å². The lowest BCUT2D eigenvalue weighted by Crippen LogP contribution is -2.14. The third-order valence-electron chi connectivity index (χ3n) is 1.51. The van der Waals surface area contributed by atoms with E-state index in [0.29, 0.717) is 0 Å². The van der Waals surface area contributed by atoms with Gasteiger partial charge in [0.25, 0.3) is 0 Å². The molecule has 0 fully saturated rings. The largest absolute Gasteiger partial charge is 0.298 e. The Labute approximate surface area is 88.1 Å². The smallest absolute Gasteiger partial charge is 0.108 e. The SMILES string of the molecule is CCC/C=N/CCCS[Si](C)(C)C. The predicted molar refractivity (Wildman–Crippen MR) is 68.7 cm³/mol. The molecule has 0 atom stereocenters. The van der Waals surface area contributed by atoms with Crippen molar-refractivity contribution < 1.29 is 0 Å². The van der Waals surface area contributed by atoms with Crippen LogP contribution in [0.15, 0.2) is 4.99 Å². The van der Waals surface area contributed by atoms with Gasteiger partial charge in [0.15, 0.2) is 0 Å². The van der Waals surface area contributed by atoms with Crippen molar-refractivity contribution in [2.75, 3.05) is 12.3 Å². The van der Waals surface area contributed by atoms with Crippen molar-refractivity contribution in [3.05, 3.63) is 0 Å². The van der Waals surface area contributed by atoms with Gasteiger partial charge in [-0.15, -0.1) is 0 Å². The second kappa shape index (κ2) is 7.62. The maximum Gasteiger partial charge on any atom is 0.108 e. The van der Waals surface area contributed by atoms with Crippen molar-refractivity contribution >= 4 is 24.6 Å². The van der Waals surface area contributed by atoms with E-state index < -0.39 is 7.22 Å². The maximum atomic E-state index is 4.36. The zero-order chi connectivity index (χ0) is 10.2. The van der Waals surface area contributed by atoms with Crippen LogP contribution < -0.4 is 0 Å². The lowest BCUT2D eigenvalue weighted by molar-refractivity contribution is 0.931. The normalized spacial score (nSPS) is 12.6. The van der Waals surface area contributed by atoms with E-state index >= 15 is 0 Å². The van der Waals surface area contributed by atoms with Crippen LogP contribution in [0, 0.1) is 0 Å². The van der Waals surface area contributed by atoms with E-state index in [4.69, 9.17) is 0 Å². The fourth-order valence-electron chi connectivity index (χ4n) is 0.846. The van der Waals surface area contributed by atoms with E-state index in [-0.39, 0.29) is 0 Å². The van der Waals surface area contributed by atoms with Gasteiger partial charge < -0.3 is 0 Å². The van der Waals surface area contributed by atoms with Crippen LogP contribution in [0.3, 0.4) is 0 Å². The highest BCUT2D eigenvalue weighted by Gasteiger charge is 2.11. The Morgan fingerprint density at radius 3 is 2.54 bits per heavy atom. The van der Waals surface area contributed by atoms with Gasteiger partial charge in [-0.3, -0.25) is 4.99 Å². The highest BCUT2D eigenvalue weighted by Crippen LogP contribution is 2.19. The molecule has 0 aliphatic carbocycles. The topological polar surface area (TPSA) is 12.4 Å². The maximum absolute atomic E-state index is 4.36. The van der Waals surface area contributed by atoms with Gasteiger partial charge in [-0.1, -0.05) is 33.0 Å². The number of hydrogen-bond donors (Lipinski definition) is 0. The van der Waals surface area contributed by atoms with Crippen LogP contribution in [-0.2, 0) is 0 Å². The van der Waals surface area contributed by atoms with E-state index in [1.807, 2.05) is 0 Å². The summed E-state index contributed by atoms with van der Waals surface area (Å²) in [6, 6.07) is 0. The summed E-state index contributed by atoms with van der Waals surface area (Å²) in [6.45, 7) is 10.4. The highest BCUT2D eigenvalue weighted by molar-refractivity contribution is 8.28. The molecule has 0 aliphatic heterocycles. The summed E-state index contributed by atoms with van der Waals surface area (Å²) in [5.41, 5.74) is 0. The first kappa shape index (κ1) is 13.2. The first-order valence-electron chi connectivity index (χ1n) is 5.18. The molecule has 3 heteroatoms. The van der Waals surface area contributed by atoms with Crippen LogP contribution in [0.25, 0.3) is 0 Å². The van der Waals surface area contributed by atoms with Crippen molar-refractivity contribution in [2.24, 2.45) is 4.99 Å². The molecule has 0 saturated carbocycles. The van der Waals surface area contributed by atoms with Crippen molar-refractivity contribution in [1.29, 1.82) is 0 Å². The lowest BCUT2D eigenvalue weighted by atomic mass is 10.4. The molecule has 0 unspecified atom stereocenters. The molecule has 0 rings (SSSR count). The van der Waals surface area contributed by atoms with Crippen LogP contribution in [-0.4, -0.2) is 25.7 Å². The van der Waals surface area contributed by atoms with Crippen molar-refractivity contribution in [3.8, 4) is 0 Å². The Morgan fingerprint density at radius 1 is 1.31 bits per heavy atom. The van der Waals surface area contributed by atoms with Gasteiger partial charge in [0, 0.05) is 6.54 Å². The molecule has 0 aliphatic rings. The molecule has 1 nitrogen and oxygen atoms in total. The molecule has 0 saturated heterocycles. The summed E-state index contributed by atoms with van der Waals surface area (Å²) in [5.74, 6) is 1.29. The van der Waals surface area contributed by atoms with Gasteiger partial charge in [0.2, 0.25) is 0 Å². The average molecular weight is 217 g/mol. The minimum Gasteiger partial charge on any atom is -0.298 e. The number of aliphatic imine (C=N–C) groups is 1. The second-order valence-corrected chi connectivity index (χ2v) is 13.7. The Bertz CT molecular complexity index is 140. The minimum atomic E-state index is -0.868. The molecule has 78 valence electrons. The van der Waals surface area contributed by atoms with E-state index in [1.54, 1.807) is 0 Å². The molecule has 0 aromatic heterocycles. The molecule has 0 amide bonds. The average Bonchev–Trinajstić information content (AvgIpc) is 2.01. The summed E-state index contributed by atoms with van der Waals surface area (Å²) < 4.78 is 0. The molecule has 13 heavy (non-hydrogen) atoms. The third kappa shape index (κ3) is 12.2. The quantitative estimate of drug-likeness (QED) is 0.359. The fraction of sp³-hybridized carbons (Fsp3) is 0.900. The molecule has 0 heterocycles. The van der Waals surface area contributed by atoms with Crippen LogP contribution in [0.2, 0.25) is 19.6 Å². The van der Waals surface area contributed by atoms with Crippen LogP contribution in [0.5, 0.6) is 0 Å². The van der Waals surface area contributed by atoms with E-state index in [0.717, 1.165) is 13.0 Å². The lowest BCUT2D eigenvalue weighted by Gasteiger charge is -2.13. The fourth-order valence-corrected chi connectivity index (χ4v) is 4.00. The number of unbranched alkanes of at least 4 members (excludes halogenated alkanes) is 1. The molecule has 0 radical (unpaired) electrons. The summed E-state index contributed by atoms with van der Waals surface area (Å²) >= 11 is 2.16. The minimum absolute atomic E-state index is 0.868. The van der Waals surface area contributed by atoms with Gasteiger partial charge in [-0.2, -0.15) is 11.2 Å². The van der Waals surface area contributed by atoms with Crippen molar-refractivity contribution in [1.82, 2.24) is 0 Å². The van der Waals surface area contributed by atoms with E-state index in [2.05, 4.69) is 49.0 Å². The van der Waals surface area contributed by atoms with Gasteiger partial charge in [0.1, 0.15) is 7.22 Å². The molecule has 0 spiro atoms. The van der Waals surface area contributed by atoms with Gasteiger partial charge >= 0.3 is 0 Å². The first-order chi connectivity index (χ1) is 6.06. The van der Waals surface area contributed by atoms with Crippen LogP contribution in [0.1, 0.15) is 26.2 Å². The predicted octanol–water partition coefficient (Wildman–Crippen LogP) is 3.82. The van der Waals surface area contributed by atoms with Crippen LogP contribution in [0.4, 0.5) is 0 Å². The van der Waals surface area contributed by atoms with E-state index in [1.165, 1.54) is 18.6 Å². The molecule has 0 aromatic carbocycles. The zero-order valence-corrected chi connectivity index (χ0v) is 11.3. The molecular formula is C10H23NSSi. The number of rotatable bonds is 7. The Balaban J connectivity index is 3.17. The summed E-state index contributed by atoms with van der Waals surface area (Å²) in [7, 11) is -0.868.